The molecule has 4 aliphatic rings. The highest BCUT2D eigenvalue weighted by molar-refractivity contribution is 7.88. The fraction of sp³-hybridized carbons (Fsp3) is 0.667. The predicted molar refractivity (Wildman–Crippen MR) is 107 cm³/mol. The van der Waals surface area contributed by atoms with Gasteiger partial charge in [0.05, 0.1) is 6.26 Å². The van der Waals surface area contributed by atoms with Gasteiger partial charge in [-0.05, 0) is 74.0 Å². The summed E-state index contributed by atoms with van der Waals surface area (Å²) in [5.74, 6) is 2.97. The molecular weight excluding hydrogens is 376 g/mol. The summed E-state index contributed by atoms with van der Waals surface area (Å²) in [7, 11) is -1.66. The number of nitrogens with one attached hydrogen (secondary N) is 1. The summed E-state index contributed by atoms with van der Waals surface area (Å²) in [4.78, 5) is 12.5. The number of amides is 1. The van der Waals surface area contributed by atoms with Crippen LogP contribution in [0.4, 0.5) is 0 Å². The van der Waals surface area contributed by atoms with Crippen molar-refractivity contribution in [2.24, 2.45) is 17.8 Å². The third kappa shape index (κ3) is 4.35. The molecule has 0 aliphatic heterocycles. The minimum Gasteiger partial charge on any atom is -0.484 e. The monoisotopic (exact) mass is 406 g/mol. The lowest BCUT2D eigenvalue weighted by Gasteiger charge is -2.56. The highest BCUT2D eigenvalue weighted by Crippen LogP contribution is 2.55. The van der Waals surface area contributed by atoms with Gasteiger partial charge in [-0.1, -0.05) is 12.1 Å². The Morgan fingerprint density at radius 3 is 2.14 bits per heavy atom. The number of nitrogens with zero attached hydrogens (tertiary/aromatic N) is 1. The number of sulfonamides is 1. The van der Waals surface area contributed by atoms with E-state index < -0.39 is 10.0 Å². The molecule has 0 saturated heterocycles. The average Bonchev–Trinajstić information content (AvgIpc) is 2.58. The van der Waals surface area contributed by atoms with E-state index in [0.717, 1.165) is 42.6 Å². The number of rotatable bonds is 7. The lowest BCUT2D eigenvalue weighted by molar-refractivity contribution is -0.128. The van der Waals surface area contributed by atoms with Crippen LogP contribution in [0.3, 0.4) is 0 Å². The predicted octanol–water partition coefficient (Wildman–Crippen LogP) is 2.54. The molecular formula is C21H30N2O4S. The van der Waals surface area contributed by atoms with Crippen molar-refractivity contribution < 1.29 is 17.9 Å². The standard InChI is InChI=1S/C21H30N2O4S/c1-23(28(2,25)26)13-15-3-5-19(6-4-15)27-14-20(24)22-21-10-16-7-17(11-21)9-18(8-16)12-21/h3-6,16-18H,7-14H2,1-2H3,(H,22,24). The van der Waals surface area contributed by atoms with Crippen molar-refractivity contribution in [2.45, 2.75) is 50.6 Å². The molecule has 154 valence electrons. The maximum absolute atomic E-state index is 12.5. The van der Waals surface area contributed by atoms with E-state index in [0.29, 0.717) is 12.3 Å². The quantitative estimate of drug-likeness (QED) is 0.755. The van der Waals surface area contributed by atoms with Gasteiger partial charge in [-0.25, -0.2) is 12.7 Å². The number of carbonyl (C=O) groups excluding carboxylic acids is 1. The van der Waals surface area contributed by atoms with Gasteiger partial charge < -0.3 is 10.1 Å². The normalized spacial score (nSPS) is 31.2. The molecule has 1 amide bonds. The first-order chi connectivity index (χ1) is 13.2. The van der Waals surface area contributed by atoms with Crippen LogP contribution in [0, 0.1) is 17.8 Å². The van der Waals surface area contributed by atoms with Gasteiger partial charge in [-0.15, -0.1) is 0 Å². The summed E-state index contributed by atoms with van der Waals surface area (Å²) < 4.78 is 30.0. The summed E-state index contributed by atoms with van der Waals surface area (Å²) in [6.07, 6.45) is 8.65. The van der Waals surface area contributed by atoms with E-state index in [1.165, 1.54) is 29.8 Å². The largest absolute Gasteiger partial charge is 0.484 e. The molecule has 5 rings (SSSR count). The highest BCUT2D eigenvalue weighted by Gasteiger charge is 2.51. The maximum atomic E-state index is 12.5. The topological polar surface area (TPSA) is 75.7 Å². The summed E-state index contributed by atoms with van der Waals surface area (Å²) in [5, 5.41) is 3.31. The molecule has 0 aromatic heterocycles. The molecule has 7 heteroatoms. The zero-order chi connectivity index (χ0) is 19.9. The van der Waals surface area contributed by atoms with Crippen molar-refractivity contribution in [1.29, 1.82) is 0 Å². The SMILES string of the molecule is CN(Cc1ccc(OCC(=O)NC23CC4CC(CC(C4)C2)C3)cc1)S(C)(=O)=O. The number of benzene rings is 1. The third-order valence-corrected chi connectivity index (χ3v) is 7.97. The fourth-order valence-electron chi connectivity index (χ4n) is 5.81. The van der Waals surface area contributed by atoms with Crippen LogP contribution in [0.5, 0.6) is 5.75 Å². The highest BCUT2D eigenvalue weighted by atomic mass is 32.2. The summed E-state index contributed by atoms with van der Waals surface area (Å²) in [6, 6.07) is 7.22. The summed E-state index contributed by atoms with van der Waals surface area (Å²) in [6.45, 7) is 0.329. The maximum Gasteiger partial charge on any atom is 0.258 e. The summed E-state index contributed by atoms with van der Waals surface area (Å²) >= 11 is 0. The third-order valence-electron chi connectivity index (χ3n) is 6.71. The van der Waals surface area contributed by atoms with Gasteiger partial charge in [0.2, 0.25) is 10.0 Å². The second kappa shape index (κ2) is 7.34. The Balaban J connectivity index is 1.28. The average molecular weight is 407 g/mol. The van der Waals surface area contributed by atoms with Gasteiger partial charge in [-0.2, -0.15) is 0 Å². The van der Waals surface area contributed by atoms with E-state index in [9.17, 15) is 13.2 Å². The molecule has 4 bridgehead atoms. The van der Waals surface area contributed by atoms with Crippen molar-refractivity contribution >= 4 is 15.9 Å². The van der Waals surface area contributed by atoms with Crippen LogP contribution in [0.2, 0.25) is 0 Å². The van der Waals surface area contributed by atoms with Crippen LogP contribution in [0.25, 0.3) is 0 Å². The molecule has 0 atom stereocenters. The van der Waals surface area contributed by atoms with E-state index in [2.05, 4.69) is 5.32 Å². The Morgan fingerprint density at radius 2 is 1.64 bits per heavy atom. The van der Waals surface area contributed by atoms with Gasteiger partial charge in [-0.3, -0.25) is 4.79 Å². The Kier molecular flexibility index (Phi) is 5.16. The van der Waals surface area contributed by atoms with Crippen molar-refractivity contribution in [3.8, 4) is 5.75 Å². The minimum absolute atomic E-state index is 0.00921. The number of ether oxygens (including phenoxy) is 1. The van der Waals surface area contributed by atoms with Crippen molar-refractivity contribution in [1.82, 2.24) is 9.62 Å². The Labute approximate surface area is 167 Å². The molecule has 1 aromatic rings. The molecule has 28 heavy (non-hydrogen) atoms. The smallest absolute Gasteiger partial charge is 0.258 e. The van der Waals surface area contributed by atoms with Gasteiger partial charge in [0.1, 0.15) is 5.75 Å². The number of carbonyl (C=O) groups is 1. The van der Waals surface area contributed by atoms with E-state index in [1.807, 2.05) is 12.1 Å². The molecule has 0 unspecified atom stereocenters. The lowest BCUT2D eigenvalue weighted by Crippen LogP contribution is -2.60. The van der Waals surface area contributed by atoms with Crippen LogP contribution in [-0.2, 0) is 21.4 Å². The van der Waals surface area contributed by atoms with Crippen LogP contribution in [-0.4, -0.2) is 44.1 Å². The lowest BCUT2D eigenvalue weighted by atomic mass is 9.53. The van der Waals surface area contributed by atoms with Crippen molar-refractivity contribution in [3.63, 3.8) is 0 Å². The van der Waals surface area contributed by atoms with Crippen LogP contribution in [0.15, 0.2) is 24.3 Å². The molecule has 4 aliphatic carbocycles. The first-order valence-electron chi connectivity index (χ1n) is 10.1. The zero-order valence-electron chi connectivity index (χ0n) is 16.7. The van der Waals surface area contributed by atoms with Crippen LogP contribution < -0.4 is 10.1 Å². The van der Waals surface area contributed by atoms with Crippen LogP contribution >= 0.6 is 0 Å². The molecule has 0 spiro atoms. The second-order valence-corrected chi connectivity index (χ2v) is 11.3. The molecule has 6 nitrogen and oxygen atoms in total. The van der Waals surface area contributed by atoms with Gasteiger partial charge >= 0.3 is 0 Å². The summed E-state index contributed by atoms with van der Waals surface area (Å²) in [5.41, 5.74) is 0.883. The Hall–Kier alpha value is -1.60. The fourth-order valence-corrected chi connectivity index (χ4v) is 6.19. The zero-order valence-corrected chi connectivity index (χ0v) is 17.5. The van der Waals surface area contributed by atoms with E-state index in [1.54, 1.807) is 19.2 Å². The van der Waals surface area contributed by atoms with Gasteiger partial charge in [0, 0.05) is 19.1 Å². The number of hydrogen-bond donors (Lipinski definition) is 1. The van der Waals surface area contributed by atoms with Crippen molar-refractivity contribution in [3.05, 3.63) is 29.8 Å². The van der Waals surface area contributed by atoms with E-state index in [4.69, 9.17) is 4.74 Å². The van der Waals surface area contributed by atoms with Crippen molar-refractivity contribution in [2.75, 3.05) is 19.9 Å². The first kappa shape index (κ1) is 19.7. The van der Waals surface area contributed by atoms with Crippen LogP contribution in [0.1, 0.15) is 44.1 Å². The molecule has 0 heterocycles. The van der Waals surface area contributed by atoms with Gasteiger partial charge in [0.15, 0.2) is 6.61 Å². The van der Waals surface area contributed by atoms with Gasteiger partial charge in [0.25, 0.3) is 5.91 Å². The molecule has 1 N–H and O–H groups in total. The first-order valence-corrected chi connectivity index (χ1v) is 12.0. The minimum atomic E-state index is -3.21. The molecule has 0 radical (unpaired) electrons. The Morgan fingerprint density at radius 1 is 1.11 bits per heavy atom. The second-order valence-electron chi connectivity index (χ2n) is 9.20. The van der Waals surface area contributed by atoms with E-state index in [-0.39, 0.29) is 18.1 Å². The Bertz CT molecular complexity index is 799. The number of hydrogen-bond acceptors (Lipinski definition) is 4. The molecule has 4 saturated carbocycles. The van der Waals surface area contributed by atoms with E-state index >= 15 is 0 Å². The molecule has 1 aromatic carbocycles. The molecule has 4 fully saturated rings.